The third kappa shape index (κ3) is 4.59. The number of aromatic nitrogens is 1. The molecule has 0 unspecified atom stereocenters. The van der Waals surface area contributed by atoms with E-state index in [1.54, 1.807) is 25.6 Å². The summed E-state index contributed by atoms with van der Waals surface area (Å²) in [4.78, 5) is 10.0. The molecule has 0 saturated carbocycles. The van der Waals surface area contributed by atoms with Gasteiger partial charge in [0.15, 0.2) is 17.5 Å². The van der Waals surface area contributed by atoms with Gasteiger partial charge in [0.25, 0.3) is 0 Å². The van der Waals surface area contributed by atoms with E-state index in [1.165, 1.54) is 0 Å². The zero-order valence-corrected chi connectivity index (χ0v) is 14.7. The fourth-order valence-corrected chi connectivity index (χ4v) is 2.69. The maximum absolute atomic E-state index is 5.32. The molecule has 6 nitrogen and oxygen atoms in total. The summed E-state index contributed by atoms with van der Waals surface area (Å²) in [7, 11) is 3.24. The summed E-state index contributed by atoms with van der Waals surface area (Å²) >= 11 is 1.62. The highest BCUT2D eigenvalue weighted by Crippen LogP contribution is 2.29. The van der Waals surface area contributed by atoms with E-state index in [-0.39, 0.29) is 0 Å². The van der Waals surface area contributed by atoms with Gasteiger partial charge in [-0.3, -0.25) is 0 Å². The average molecular weight is 334 g/mol. The van der Waals surface area contributed by atoms with E-state index in [0.29, 0.717) is 24.0 Å². The monoisotopic (exact) mass is 334 g/mol. The van der Waals surface area contributed by atoms with Gasteiger partial charge in [0.05, 0.1) is 32.0 Å². The van der Waals surface area contributed by atoms with Gasteiger partial charge >= 0.3 is 0 Å². The number of ether oxygens (including phenoxy) is 2. The van der Waals surface area contributed by atoms with Crippen molar-refractivity contribution in [3.63, 3.8) is 0 Å². The normalized spacial score (nSPS) is 11.2. The molecule has 2 N–H and O–H groups in total. The van der Waals surface area contributed by atoms with Crippen molar-refractivity contribution in [2.75, 3.05) is 26.1 Å². The third-order valence-corrected chi connectivity index (χ3v) is 4.14. The molecular formula is C16H22N4O2S. The van der Waals surface area contributed by atoms with Crippen molar-refractivity contribution in [2.24, 2.45) is 4.99 Å². The number of hydrogen-bond acceptors (Lipinski definition) is 5. The van der Waals surface area contributed by atoms with Gasteiger partial charge in [-0.2, -0.15) is 0 Å². The molecule has 23 heavy (non-hydrogen) atoms. The quantitative estimate of drug-likeness (QED) is 0.628. The number of methoxy groups -OCH3 is 2. The molecule has 0 aliphatic carbocycles. The number of guanidine groups is 1. The molecule has 124 valence electrons. The summed E-state index contributed by atoms with van der Waals surface area (Å²) in [6, 6.07) is 5.66. The summed E-state index contributed by atoms with van der Waals surface area (Å²) < 4.78 is 10.6. The second-order valence-electron chi connectivity index (χ2n) is 4.75. The molecule has 1 aromatic carbocycles. The van der Waals surface area contributed by atoms with Crippen molar-refractivity contribution in [1.29, 1.82) is 0 Å². The van der Waals surface area contributed by atoms with Gasteiger partial charge in [-0.05, 0) is 26.0 Å². The highest BCUT2D eigenvalue weighted by Gasteiger charge is 2.07. The molecule has 2 rings (SSSR count). The van der Waals surface area contributed by atoms with Gasteiger partial charge in [-0.1, -0.05) is 0 Å². The highest BCUT2D eigenvalue weighted by molar-refractivity contribution is 7.09. The number of thiazole rings is 1. The molecule has 0 bridgehead atoms. The van der Waals surface area contributed by atoms with Gasteiger partial charge in [0, 0.05) is 23.2 Å². The van der Waals surface area contributed by atoms with Crippen LogP contribution < -0.4 is 20.1 Å². The second kappa shape index (κ2) is 8.38. The number of benzene rings is 1. The molecule has 0 aliphatic heterocycles. The number of hydrogen-bond donors (Lipinski definition) is 2. The lowest BCUT2D eigenvalue weighted by molar-refractivity contribution is 0.355. The lowest BCUT2D eigenvalue weighted by Gasteiger charge is -2.13. The first-order chi connectivity index (χ1) is 11.2. The van der Waals surface area contributed by atoms with E-state index >= 15 is 0 Å². The van der Waals surface area contributed by atoms with Crippen LogP contribution in [0.3, 0.4) is 0 Å². The zero-order chi connectivity index (χ0) is 16.7. The predicted octanol–water partition coefficient (Wildman–Crippen LogP) is 3.05. The van der Waals surface area contributed by atoms with Gasteiger partial charge in [0.2, 0.25) is 0 Å². The molecule has 0 fully saturated rings. The van der Waals surface area contributed by atoms with Crippen molar-refractivity contribution in [3.8, 4) is 11.5 Å². The Balaban J connectivity index is 2.14. The van der Waals surface area contributed by atoms with Crippen LogP contribution in [0.5, 0.6) is 11.5 Å². The maximum Gasteiger partial charge on any atom is 0.196 e. The Labute approximate surface area is 140 Å². The largest absolute Gasteiger partial charge is 0.493 e. The van der Waals surface area contributed by atoms with E-state index in [4.69, 9.17) is 9.47 Å². The van der Waals surface area contributed by atoms with Crippen LogP contribution in [0, 0.1) is 6.92 Å². The molecule has 7 heteroatoms. The number of nitrogens with one attached hydrogen (secondary N) is 2. The summed E-state index contributed by atoms with van der Waals surface area (Å²) in [5, 5.41) is 6.51. The second-order valence-corrected chi connectivity index (χ2v) is 5.69. The summed E-state index contributed by atoms with van der Waals surface area (Å²) in [5.41, 5.74) is 3.75. The molecule has 0 saturated heterocycles. The van der Waals surface area contributed by atoms with Crippen LogP contribution in [-0.2, 0) is 6.54 Å². The van der Waals surface area contributed by atoms with Gasteiger partial charge in [-0.15, -0.1) is 11.3 Å². The molecule has 0 radical (unpaired) electrons. The van der Waals surface area contributed by atoms with Gasteiger partial charge in [0.1, 0.15) is 0 Å². The van der Waals surface area contributed by atoms with Crippen molar-refractivity contribution in [3.05, 3.63) is 34.3 Å². The van der Waals surface area contributed by atoms with Crippen molar-refractivity contribution in [2.45, 2.75) is 20.4 Å². The van der Waals surface area contributed by atoms with Crippen LogP contribution in [0.2, 0.25) is 0 Å². The number of aryl methyl sites for hydroxylation is 1. The number of nitrogens with zero attached hydrogens (tertiary/aromatic N) is 2. The van der Waals surface area contributed by atoms with Crippen LogP contribution >= 0.6 is 11.3 Å². The fraction of sp³-hybridized carbons (Fsp3) is 0.375. The number of aliphatic imine (C=N–C) groups is 1. The molecular weight excluding hydrogens is 312 g/mol. The minimum atomic E-state index is 0.596. The lowest BCUT2D eigenvalue weighted by Crippen LogP contribution is -2.30. The first-order valence-corrected chi connectivity index (χ1v) is 8.22. The number of anilines is 1. The summed E-state index contributed by atoms with van der Waals surface area (Å²) in [5.74, 6) is 2.08. The van der Waals surface area contributed by atoms with Crippen LogP contribution in [0.25, 0.3) is 0 Å². The van der Waals surface area contributed by atoms with Crippen molar-refractivity contribution in [1.82, 2.24) is 10.3 Å². The minimum absolute atomic E-state index is 0.596. The van der Waals surface area contributed by atoms with Crippen LogP contribution in [0.4, 0.5) is 5.69 Å². The van der Waals surface area contributed by atoms with Gasteiger partial charge in [-0.25, -0.2) is 9.98 Å². The van der Waals surface area contributed by atoms with Crippen molar-refractivity contribution >= 4 is 23.0 Å². The topological polar surface area (TPSA) is 67.8 Å². The Kier molecular flexibility index (Phi) is 6.22. The summed E-state index contributed by atoms with van der Waals surface area (Å²) in [6.45, 7) is 5.40. The SMILES string of the molecule is CCNC(=NCc1scnc1C)Nc1ccc(OC)c(OC)c1. The van der Waals surface area contributed by atoms with Gasteiger partial charge < -0.3 is 20.1 Å². The van der Waals surface area contributed by atoms with Crippen molar-refractivity contribution < 1.29 is 9.47 Å². The lowest BCUT2D eigenvalue weighted by atomic mass is 10.3. The van der Waals surface area contributed by atoms with E-state index in [1.807, 2.05) is 37.6 Å². The molecule has 0 atom stereocenters. The smallest absolute Gasteiger partial charge is 0.196 e. The predicted molar refractivity (Wildman–Crippen MR) is 94.8 cm³/mol. The summed E-state index contributed by atoms with van der Waals surface area (Å²) in [6.07, 6.45) is 0. The molecule has 0 amide bonds. The molecule has 2 aromatic rings. The highest BCUT2D eigenvalue weighted by atomic mass is 32.1. The first kappa shape index (κ1) is 17.1. The van der Waals surface area contributed by atoms with Crippen LogP contribution in [0.15, 0.2) is 28.7 Å². The maximum atomic E-state index is 5.32. The zero-order valence-electron chi connectivity index (χ0n) is 13.8. The minimum Gasteiger partial charge on any atom is -0.493 e. The van der Waals surface area contributed by atoms with E-state index in [2.05, 4.69) is 20.6 Å². The third-order valence-electron chi connectivity index (χ3n) is 3.22. The van der Waals surface area contributed by atoms with Crippen LogP contribution in [-0.4, -0.2) is 31.7 Å². The molecule has 1 heterocycles. The Morgan fingerprint density at radius 1 is 1.26 bits per heavy atom. The molecule has 0 aliphatic rings. The Morgan fingerprint density at radius 2 is 2.04 bits per heavy atom. The Bertz CT molecular complexity index is 670. The standard InChI is InChI=1S/C16H22N4O2S/c1-5-17-16(18-9-15-11(2)19-10-23-15)20-12-6-7-13(21-3)14(8-12)22-4/h6-8,10H,5,9H2,1-4H3,(H2,17,18,20). The van der Waals surface area contributed by atoms with E-state index in [9.17, 15) is 0 Å². The van der Waals surface area contributed by atoms with E-state index < -0.39 is 0 Å². The van der Waals surface area contributed by atoms with Crippen LogP contribution in [0.1, 0.15) is 17.5 Å². The average Bonchev–Trinajstić information content (AvgIpc) is 2.97. The molecule has 0 spiro atoms. The Morgan fingerprint density at radius 3 is 2.65 bits per heavy atom. The molecule has 1 aromatic heterocycles. The van der Waals surface area contributed by atoms with E-state index in [0.717, 1.165) is 22.8 Å². The Hall–Kier alpha value is -2.28. The number of rotatable bonds is 6. The first-order valence-electron chi connectivity index (χ1n) is 7.34. The fourth-order valence-electron chi connectivity index (χ4n) is 1.99.